The van der Waals surface area contributed by atoms with E-state index in [1.165, 1.54) is 12.3 Å². The lowest BCUT2D eigenvalue weighted by Crippen LogP contribution is -2.14. The van der Waals surface area contributed by atoms with Crippen LogP contribution < -0.4 is 10.6 Å². The molecule has 6 heteroatoms. The van der Waals surface area contributed by atoms with Crippen LogP contribution in [0.5, 0.6) is 0 Å². The van der Waals surface area contributed by atoms with Crippen LogP contribution in [-0.4, -0.2) is 22.4 Å². The predicted octanol–water partition coefficient (Wildman–Crippen LogP) is 2.61. The molecule has 5 nitrogen and oxygen atoms in total. The summed E-state index contributed by atoms with van der Waals surface area (Å²) in [6, 6.07) is 4.69. The molecule has 0 spiro atoms. The molecular weight excluding hydrogens is 259 g/mol. The van der Waals surface area contributed by atoms with Gasteiger partial charge in [-0.1, -0.05) is 0 Å². The van der Waals surface area contributed by atoms with Crippen molar-refractivity contribution in [1.82, 2.24) is 9.97 Å². The van der Waals surface area contributed by atoms with Crippen molar-refractivity contribution in [3.8, 4) is 0 Å². The van der Waals surface area contributed by atoms with E-state index < -0.39 is 5.82 Å². The number of hydrogen-bond donors (Lipinski definition) is 2. The highest BCUT2D eigenvalue weighted by Crippen LogP contribution is 2.15. The summed E-state index contributed by atoms with van der Waals surface area (Å²) in [5, 5.41) is 5.56. The lowest BCUT2D eigenvalue weighted by molar-refractivity contribution is 0.102. The molecule has 0 unspecified atom stereocenters. The third-order valence-electron chi connectivity index (χ3n) is 2.59. The first-order valence-corrected chi connectivity index (χ1v) is 6.23. The molecule has 0 aliphatic heterocycles. The quantitative estimate of drug-likeness (QED) is 0.899. The molecular formula is C14H15FN4O. The standard InChI is InChI=1S/C14H15FN4O/c1-3-17-13-7-10(6-9(2)18-13)14(20)19-12-4-5-16-8-11(12)15/h4-8H,3H2,1-2H3,(H,17,18)(H,16,19,20). The van der Waals surface area contributed by atoms with Gasteiger partial charge in [0.1, 0.15) is 5.82 Å². The highest BCUT2D eigenvalue weighted by molar-refractivity contribution is 6.04. The normalized spacial score (nSPS) is 10.2. The predicted molar refractivity (Wildman–Crippen MR) is 75.3 cm³/mol. The first-order chi connectivity index (χ1) is 9.60. The van der Waals surface area contributed by atoms with E-state index in [-0.39, 0.29) is 11.6 Å². The molecule has 104 valence electrons. The summed E-state index contributed by atoms with van der Waals surface area (Å²) in [5.41, 5.74) is 1.23. The number of carbonyl (C=O) groups is 1. The molecule has 2 rings (SSSR count). The molecule has 0 fully saturated rings. The topological polar surface area (TPSA) is 66.9 Å². The van der Waals surface area contributed by atoms with Gasteiger partial charge in [-0.15, -0.1) is 0 Å². The smallest absolute Gasteiger partial charge is 0.255 e. The van der Waals surface area contributed by atoms with Crippen LogP contribution in [0.25, 0.3) is 0 Å². The Labute approximate surface area is 116 Å². The van der Waals surface area contributed by atoms with Gasteiger partial charge in [0.2, 0.25) is 0 Å². The average Bonchev–Trinajstić information content (AvgIpc) is 2.41. The number of aromatic nitrogens is 2. The van der Waals surface area contributed by atoms with E-state index in [2.05, 4.69) is 20.6 Å². The number of nitrogens with zero attached hydrogens (tertiary/aromatic N) is 2. The van der Waals surface area contributed by atoms with E-state index in [1.54, 1.807) is 19.1 Å². The fourth-order valence-electron chi connectivity index (χ4n) is 1.74. The molecule has 0 aliphatic carbocycles. The zero-order valence-electron chi connectivity index (χ0n) is 11.3. The Kier molecular flexibility index (Phi) is 4.24. The van der Waals surface area contributed by atoms with Crippen molar-refractivity contribution in [3.63, 3.8) is 0 Å². The minimum absolute atomic E-state index is 0.101. The number of aryl methyl sites for hydroxylation is 1. The summed E-state index contributed by atoms with van der Waals surface area (Å²) >= 11 is 0. The number of carbonyl (C=O) groups excluding carboxylic acids is 1. The zero-order chi connectivity index (χ0) is 14.5. The molecule has 2 aromatic heterocycles. The largest absolute Gasteiger partial charge is 0.370 e. The van der Waals surface area contributed by atoms with Gasteiger partial charge >= 0.3 is 0 Å². The van der Waals surface area contributed by atoms with E-state index in [1.807, 2.05) is 6.92 Å². The molecule has 2 heterocycles. The summed E-state index contributed by atoms with van der Waals surface area (Å²) in [5.74, 6) is -0.342. The van der Waals surface area contributed by atoms with Crippen LogP contribution in [-0.2, 0) is 0 Å². The van der Waals surface area contributed by atoms with Crippen LogP contribution in [0.15, 0.2) is 30.6 Å². The van der Waals surface area contributed by atoms with Crippen LogP contribution in [0, 0.1) is 12.7 Å². The summed E-state index contributed by atoms with van der Waals surface area (Å²) in [4.78, 5) is 20.0. The monoisotopic (exact) mass is 274 g/mol. The summed E-state index contributed by atoms with van der Waals surface area (Å²) < 4.78 is 13.4. The highest BCUT2D eigenvalue weighted by atomic mass is 19.1. The Morgan fingerprint density at radius 1 is 1.40 bits per heavy atom. The van der Waals surface area contributed by atoms with Crippen molar-refractivity contribution in [2.45, 2.75) is 13.8 Å². The summed E-state index contributed by atoms with van der Waals surface area (Å²) in [7, 11) is 0. The van der Waals surface area contributed by atoms with Gasteiger partial charge < -0.3 is 10.6 Å². The first-order valence-electron chi connectivity index (χ1n) is 6.23. The van der Waals surface area contributed by atoms with Crippen molar-refractivity contribution in [2.24, 2.45) is 0 Å². The Hall–Kier alpha value is -2.50. The van der Waals surface area contributed by atoms with Crippen LogP contribution in [0.1, 0.15) is 23.0 Å². The van der Waals surface area contributed by atoms with Crippen molar-refractivity contribution in [2.75, 3.05) is 17.2 Å². The highest BCUT2D eigenvalue weighted by Gasteiger charge is 2.11. The minimum Gasteiger partial charge on any atom is -0.370 e. The molecule has 2 N–H and O–H groups in total. The molecule has 0 atom stereocenters. The second kappa shape index (κ2) is 6.10. The Morgan fingerprint density at radius 3 is 2.90 bits per heavy atom. The fourth-order valence-corrected chi connectivity index (χ4v) is 1.74. The van der Waals surface area contributed by atoms with Crippen LogP contribution in [0.4, 0.5) is 15.9 Å². The van der Waals surface area contributed by atoms with E-state index in [4.69, 9.17) is 0 Å². The zero-order valence-corrected chi connectivity index (χ0v) is 11.3. The number of halogens is 1. The van der Waals surface area contributed by atoms with E-state index in [9.17, 15) is 9.18 Å². The van der Waals surface area contributed by atoms with E-state index >= 15 is 0 Å². The Bertz CT molecular complexity index is 630. The van der Waals surface area contributed by atoms with Crippen molar-refractivity contribution < 1.29 is 9.18 Å². The molecule has 1 amide bonds. The molecule has 0 aliphatic rings. The maximum absolute atomic E-state index is 13.4. The van der Waals surface area contributed by atoms with Crippen molar-refractivity contribution in [3.05, 3.63) is 47.7 Å². The maximum Gasteiger partial charge on any atom is 0.255 e. The van der Waals surface area contributed by atoms with E-state index in [0.29, 0.717) is 23.6 Å². The molecule has 0 radical (unpaired) electrons. The van der Waals surface area contributed by atoms with Gasteiger partial charge in [-0.2, -0.15) is 0 Å². The third-order valence-corrected chi connectivity index (χ3v) is 2.59. The second-order valence-corrected chi connectivity index (χ2v) is 4.22. The molecule has 2 aromatic rings. The molecule has 0 saturated carbocycles. The molecule has 0 bridgehead atoms. The van der Waals surface area contributed by atoms with Gasteiger partial charge in [-0.05, 0) is 32.0 Å². The SMILES string of the molecule is CCNc1cc(C(=O)Nc2ccncc2F)cc(C)n1. The van der Waals surface area contributed by atoms with Gasteiger partial charge in [0.05, 0.1) is 11.9 Å². The van der Waals surface area contributed by atoms with Gasteiger partial charge in [0.25, 0.3) is 5.91 Å². The van der Waals surface area contributed by atoms with Gasteiger partial charge in [-0.3, -0.25) is 9.78 Å². The Balaban J connectivity index is 2.23. The lowest BCUT2D eigenvalue weighted by atomic mass is 10.2. The van der Waals surface area contributed by atoms with Gasteiger partial charge in [-0.25, -0.2) is 9.37 Å². The number of amides is 1. The van der Waals surface area contributed by atoms with Crippen LogP contribution in [0.2, 0.25) is 0 Å². The minimum atomic E-state index is -0.571. The lowest BCUT2D eigenvalue weighted by Gasteiger charge is -2.09. The fraction of sp³-hybridized carbons (Fsp3) is 0.214. The Morgan fingerprint density at radius 2 is 2.20 bits per heavy atom. The third kappa shape index (κ3) is 3.28. The number of pyridine rings is 2. The molecule has 0 aromatic carbocycles. The van der Waals surface area contributed by atoms with Crippen LogP contribution >= 0.6 is 0 Å². The number of rotatable bonds is 4. The van der Waals surface area contributed by atoms with Crippen molar-refractivity contribution >= 4 is 17.4 Å². The van der Waals surface area contributed by atoms with Gasteiger partial charge in [0, 0.05) is 24.0 Å². The molecule has 0 saturated heterocycles. The van der Waals surface area contributed by atoms with E-state index in [0.717, 1.165) is 6.20 Å². The number of hydrogen-bond acceptors (Lipinski definition) is 4. The summed E-state index contributed by atoms with van der Waals surface area (Å²) in [6.45, 7) is 4.44. The first kappa shape index (κ1) is 13.9. The van der Waals surface area contributed by atoms with Gasteiger partial charge in [0.15, 0.2) is 5.82 Å². The number of anilines is 2. The number of nitrogens with one attached hydrogen (secondary N) is 2. The average molecular weight is 274 g/mol. The molecule has 20 heavy (non-hydrogen) atoms. The van der Waals surface area contributed by atoms with Crippen molar-refractivity contribution in [1.29, 1.82) is 0 Å². The summed E-state index contributed by atoms with van der Waals surface area (Å²) in [6.07, 6.45) is 2.47. The van der Waals surface area contributed by atoms with Crippen LogP contribution in [0.3, 0.4) is 0 Å². The second-order valence-electron chi connectivity index (χ2n) is 4.22. The maximum atomic E-state index is 13.4.